The van der Waals surface area contributed by atoms with Crippen molar-refractivity contribution in [1.82, 2.24) is 0 Å². The third-order valence-corrected chi connectivity index (χ3v) is 10.7. The molecule has 2 atom stereocenters. The second-order valence-corrected chi connectivity index (χ2v) is 16.7. The van der Waals surface area contributed by atoms with E-state index in [2.05, 4.69) is 52.0 Å². The average Bonchev–Trinajstić information content (AvgIpc) is 3.20. The van der Waals surface area contributed by atoms with E-state index in [0.29, 0.717) is 24.3 Å². The van der Waals surface area contributed by atoms with E-state index in [0.717, 1.165) is 33.8 Å². The summed E-state index contributed by atoms with van der Waals surface area (Å²) in [6.07, 6.45) is 0.0553. The van der Waals surface area contributed by atoms with Gasteiger partial charge in [-0.05, 0) is 136 Å². The highest BCUT2D eigenvalue weighted by Crippen LogP contribution is 2.40. The standard InChI is InChI=1S/C52H56F2O5/c1-35(2)55-43-25-21-39(22-26-43)51(5,6)49(33-37-19-29-45(53)47(31-37)57-41-15-11-9-12-16-41)59-50(52(7,8)40-23-27-44(28-24-40)56-36(3)4)34-38-20-30-46(54)48(32-38)58-42-17-13-10-14-18-42/h9-32,35-36,49-50H,33-34H2,1-8H3. The molecule has 0 amide bonds. The molecule has 6 rings (SSSR count). The molecule has 0 spiro atoms. The van der Waals surface area contributed by atoms with Gasteiger partial charge in [0.05, 0.1) is 24.4 Å². The van der Waals surface area contributed by atoms with E-state index < -0.39 is 34.7 Å². The topological polar surface area (TPSA) is 46.2 Å². The Kier molecular flexibility index (Phi) is 13.8. The molecule has 6 aromatic carbocycles. The Balaban J connectivity index is 1.42. The van der Waals surface area contributed by atoms with E-state index >= 15 is 8.78 Å². The van der Waals surface area contributed by atoms with Gasteiger partial charge in [0.25, 0.3) is 0 Å². The second kappa shape index (κ2) is 18.9. The van der Waals surface area contributed by atoms with Gasteiger partial charge in [0.1, 0.15) is 23.0 Å². The van der Waals surface area contributed by atoms with Crippen molar-refractivity contribution in [2.24, 2.45) is 0 Å². The highest BCUT2D eigenvalue weighted by Gasteiger charge is 2.40. The summed E-state index contributed by atoms with van der Waals surface area (Å²) in [5.74, 6) is 2.02. The zero-order valence-electron chi connectivity index (χ0n) is 35.4. The fourth-order valence-corrected chi connectivity index (χ4v) is 7.15. The molecule has 0 fully saturated rings. The van der Waals surface area contributed by atoms with Gasteiger partial charge < -0.3 is 23.7 Å². The summed E-state index contributed by atoms with van der Waals surface area (Å²) in [5.41, 5.74) is 2.66. The van der Waals surface area contributed by atoms with Crippen LogP contribution in [0.25, 0.3) is 0 Å². The minimum atomic E-state index is -0.571. The summed E-state index contributed by atoms with van der Waals surface area (Å²) in [4.78, 5) is 0. The first-order chi connectivity index (χ1) is 28.2. The first-order valence-electron chi connectivity index (χ1n) is 20.4. The molecule has 0 heterocycles. The monoisotopic (exact) mass is 798 g/mol. The van der Waals surface area contributed by atoms with Crippen molar-refractivity contribution in [3.05, 3.63) is 179 Å². The quantitative estimate of drug-likeness (QED) is 0.0867. The van der Waals surface area contributed by atoms with Gasteiger partial charge in [-0.3, -0.25) is 0 Å². The Bertz CT molecular complexity index is 2070. The minimum Gasteiger partial charge on any atom is -0.491 e. The lowest BCUT2D eigenvalue weighted by atomic mass is 9.74. The van der Waals surface area contributed by atoms with Crippen LogP contribution in [-0.4, -0.2) is 24.4 Å². The predicted molar refractivity (Wildman–Crippen MR) is 232 cm³/mol. The molecule has 0 N–H and O–H groups in total. The minimum absolute atomic E-state index is 0.0368. The molecule has 0 aliphatic rings. The first kappa shape index (κ1) is 42.9. The van der Waals surface area contributed by atoms with E-state index in [9.17, 15) is 0 Å². The van der Waals surface area contributed by atoms with Crippen molar-refractivity contribution < 1.29 is 32.5 Å². The Hall–Kier alpha value is -5.66. The van der Waals surface area contributed by atoms with Crippen LogP contribution in [-0.2, 0) is 28.4 Å². The molecule has 0 aliphatic heterocycles. The number of hydrogen-bond acceptors (Lipinski definition) is 5. The highest BCUT2D eigenvalue weighted by atomic mass is 19.1. The maximum atomic E-state index is 15.3. The molecule has 0 aliphatic carbocycles. The Morgan fingerprint density at radius 1 is 0.441 bits per heavy atom. The normalized spacial score (nSPS) is 12.9. The molecule has 5 nitrogen and oxygen atoms in total. The summed E-state index contributed by atoms with van der Waals surface area (Å²) in [6, 6.07) is 44.7. The summed E-state index contributed by atoms with van der Waals surface area (Å²) < 4.78 is 62.2. The Morgan fingerprint density at radius 2 is 0.797 bits per heavy atom. The smallest absolute Gasteiger partial charge is 0.165 e. The summed E-state index contributed by atoms with van der Waals surface area (Å²) in [6.45, 7) is 16.7. The SMILES string of the molecule is CC(C)Oc1ccc(C(C)(C)C(Cc2ccc(F)c(Oc3ccccc3)c2)OC(Cc2ccc(F)c(Oc3ccccc3)c2)C(C)(C)c2ccc(OC(C)C)cc2)cc1. The van der Waals surface area contributed by atoms with Crippen LogP contribution in [0.4, 0.5) is 8.78 Å². The van der Waals surface area contributed by atoms with Crippen LogP contribution in [0.5, 0.6) is 34.5 Å². The molecule has 6 aromatic rings. The zero-order valence-corrected chi connectivity index (χ0v) is 35.4. The van der Waals surface area contributed by atoms with Crippen LogP contribution in [0.2, 0.25) is 0 Å². The van der Waals surface area contributed by atoms with E-state index in [4.69, 9.17) is 23.7 Å². The lowest BCUT2D eigenvalue weighted by Crippen LogP contribution is -2.46. The van der Waals surface area contributed by atoms with E-state index in [-0.39, 0.29) is 23.7 Å². The molecule has 7 heteroatoms. The zero-order chi connectivity index (χ0) is 42.2. The highest BCUT2D eigenvalue weighted by molar-refractivity contribution is 5.40. The van der Waals surface area contributed by atoms with Crippen LogP contribution in [0.15, 0.2) is 146 Å². The maximum Gasteiger partial charge on any atom is 0.165 e. The Morgan fingerprint density at radius 3 is 1.14 bits per heavy atom. The van der Waals surface area contributed by atoms with E-state index in [1.54, 1.807) is 48.5 Å². The second-order valence-electron chi connectivity index (χ2n) is 16.7. The maximum absolute atomic E-state index is 15.3. The number of halogens is 2. The third kappa shape index (κ3) is 11.3. The van der Waals surface area contributed by atoms with Gasteiger partial charge in [0.15, 0.2) is 23.1 Å². The molecule has 308 valence electrons. The molecule has 0 saturated heterocycles. The number of rotatable bonds is 18. The first-order valence-corrected chi connectivity index (χ1v) is 20.4. The van der Waals surface area contributed by atoms with Crippen molar-refractivity contribution in [3.63, 3.8) is 0 Å². The molecule has 59 heavy (non-hydrogen) atoms. The van der Waals surface area contributed by atoms with Gasteiger partial charge >= 0.3 is 0 Å². The van der Waals surface area contributed by atoms with Crippen molar-refractivity contribution in [1.29, 1.82) is 0 Å². The van der Waals surface area contributed by atoms with Crippen molar-refractivity contribution in [2.45, 2.75) is 103 Å². The molecule has 2 unspecified atom stereocenters. The van der Waals surface area contributed by atoms with Crippen LogP contribution < -0.4 is 18.9 Å². The number of hydrogen-bond donors (Lipinski definition) is 0. The van der Waals surface area contributed by atoms with Crippen LogP contribution >= 0.6 is 0 Å². The van der Waals surface area contributed by atoms with E-state index in [1.807, 2.05) is 88.4 Å². The van der Waals surface area contributed by atoms with Gasteiger partial charge in [0.2, 0.25) is 0 Å². The summed E-state index contributed by atoms with van der Waals surface area (Å²) in [7, 11) is 0. The largest absolute Gasteiger partial charge is 0.491 e. The van der Waals surface area contributed by atoms with Gasteiger partial charge in [0, 0.05) is 10.8 Å². The molecular weight excluding hydrogens is 743 g/mol. The van der Waals surface area contributed by atoms with Crippen LogP contribution in [0.1, 0.15) is 77.6 Å². The van der Waals surface area contributed by atoms with Gasteiger partial charge in [-0.25, -0.2) is 8.78 Å². The predicted octanol–water partition coefficient (Wildman–Crippen LogP) is 13.6. The fraction of sp³-hybridized carbons (Fsp3) is 0.308. The lowest BCUT2D eigenvalue weighted by Gasteiger charge is -2.43. The molecule has 0 bridgehead atoms. The van der Waals surface area contributed by atoms with Gasteiger partial charge in [-0.15, -0.1) is 0 Å². The van der Waals surface area contributed by atoms with Crippen LogP contribution in [0.3, 0.4) is 0 Å². The van der Waals surface area contributed by atoms with E-state index in [1.165, 1.54) is 12.1 Å². The molecule has 0 saturated carbocycles. The van der Waals surface area contributed by atoms with Crippen LogP contribution in [0, 0.1) is 11.6 Å². The molecular formula is C52H56F2O5. The summed E-state index contributed by atoms with van der Waals surface area (Å²) >= 11 is 0. The average molecular weight is 799 g/mol. The van der Waals surface area contributed by atoms with Crippen molar-refractivity contribution in [2.75, 3.05) is 0 Å². The number of ether oxygens (including phenoxy) is 5. The van der Waals surface area contributed by atoms with Gasteiger partial charge in [-0.2, -0.15) is 0 Å². The summed E-state index contributed by atoms with van der Waals surface area (Å²) in [5, 5.41) is 0. The fourth-order valence-electron chi connectivity index (χ4n) is 7.15. The number of para-hydroxylation sites is 2. The van der Waals surface area contributed by atoms with Crippen molar-refractivity contribution >= 4 is 0 Å². The third-order valence-electron chi connectivity index (χ3n) is 10.7. The van der Waals surface area contributed by atoms with Crippen molar-refractivity contribution in [3.8, 4) is 34.5 Å². The molecule has 0 radical (unpaired) electrons. The number of benzene rings is 6. The molecule has 0 aromatic heterocycles. The van der Waals surface area contributed by atoms with Gasteiger partial charge in [-0.1, -0.05) is 100 Å². The lowest BCUT2D eigenvalue weighted by molar-refractivity contribution is -0.0753. The Labute approximate surface area is 348 Å².